The molecule has 1 aromatic heterocycles. The second-order valence-corrected chi connectivity index (χ2v) is 5.29. The number of hydrogen-bond donors (Lipinski definition) is 0. The minimum absolute atomic E-state index is 0.654. The number of benzene rings is 1. The van der Waals surface area contributed by atoms with Crippen LogP contribution in [-0.2, 0) is 17.7 Å². The summed E-state index contributed by atoms with van der Waals surface area (Å²) in [5, 5.41) is 9.52. The van der Waals surface area contributed by atoms with E-state index in [2.05, 4.69) is 33.5 Å². The first-order valence-electron chi connectivity index (χ1n) is 6.53. The number of aromatic nitrogens is 3. The second kappa shape index (κ2) is 7.87. The lowest BCUT2D eigenvalue weighted by molar-refractivity contribution is 0.184. The van der Waals surface area contributed by atoms with Gasteiger partial charge in [-0.05, 0) is 5.56 Å². The third kappa shape index (κ3) is 3.95. The molecule has 0 radical (unpaired) electrons. The average Bonchev–Trinajstić information content (AvgIpc) is 2.86. The van der Waals surface area contributed by atoms with Gasteiger partial charge in [-0.3, -0.25) is 0 Å². The van der Waals surface area contributed by atoms with E-state index in [1.165, 1.54) is 5.56 Å². The van der Waals surface area contributed by atoms with Gasteiger partial charge < -0.3 is 9.30 Å². The minimum atomic E-state index is 0.654. The Bertz CT molecular complexity index is 539. The lowest BCUT2D eigenvalue weighted by Gasteiger charge is -2.09. The molecule has 0 unspecified atom stereocenters. The average molecular weight is 289 g/mol. The molecule has 2 rings (SSSR count). The Morgan fingerprint density at radius 2 is 2.10 bits per heavy atom. The molecule has 0 saturated carbocycles. The standard InChI is InChI=1S/C15H19N3OS/c1-3-11-20-15-17-16-14(18(15)9-10-19-2)12-13-7-5-4-6-8-13/h3-8H,1,9-12H2,2H3. The zero-order chi connectivity index (χ0) is 14.2. The van der Waals surface area contributed by atoms with E-state index < -0.39 is 0 Å². The molecule has 20 heavy (non-hydrogen) atoms. The summed E-state index contributed by atoms with van der Waals surface area (Å²) < 4.78 is 7.30. The molecule has 0 bridgehead atoms. The highest BCUT2D eigenvalue weighted by molar-refractivity contribution is 7.99. The van der Waals surface area contributed by atoms with E-state index in [4.69, 9.17) is 4.74 Å². The van der Waals surface area contributed by atoms with Gasteiger partial charge in [-0.1, -0.05) is 48.2 Å². The molecule has 2 aromatic rings. The topological polar surface area (TPSA) is 39.9 Å². The van der Waals surface area contributed by atoms with Crippen LogP contribution in [0, 0.1) is 0 Å². The van der Waals surface area contributed by atoms with Crippen molar-refractivity contribution in [3.05, 3.63) is 54.4 Å². The van der Waals surface area contributed by atoms with Crippen molar-refractivity contribution in [3.8, 4) is 0 Å². The molecule has 0 fully saturated rings. The first kappa shape index (κ1) is 14.8. The molecular weight excluding hydrogens is 270 g/mol. The number of thioether (sulfide) groups is 1. The van der Waals surface area contributed by atoms with Crippen LogP contribution in [-0.4, -0.2) is 34.2 Å². The minimum Gasteiger partial charge on any atom is -0.383 e. The molecule has 0 atom stereocenters. The Kier molecular flexibility index (Phi) is 5.83. The quantitative estimate of drug-likeness (QED) is 0.553. The summed E-state index contributed by atoms with van der Waals surface area (Å²) >= 11 is 1.64. The predicted molar refractivity (Wildman–Crippen MR) is 82.1 cm³/mol. The van der Waals surface area contributed by atoms with E-state index in [1.807, 2.05) is 24.3 Å². The summed E-state index contributed by atoms with van der Waals surface area (Å²) in [7, 11) is 1.71. The van der Waals surface area contributed by atoms with E-state index in [0.29, 0.717) is 6.61 Å². The van der Waals surface area contributed by atoms with Crippen LogP contribution in [0.25, 0.3) is 0 Å². The van der Waals surface area contributed by atoms with Crippen molar-refractivity contribution in [2.45, 2.75) is 18.1 Å². The summed E-state index contributed by atoms with van der Waals surface area (Å²) in [5.41, 5.74) is 1.24. The molecule has 5 heteroatoms. The van der Waals surface area contributed by atoms with Crippen LogP contribution >= 0.6 is 11.8 Å². The number of nitrogens with zero attached hydrogens (tertiary/aromatic N) is 3. The fraction of sp³-hybridized carbons (Fsp3) is 0.333. The van der Waals surface area contributed by atoms with Gasteiger partial charge in [0.1, 0.15) is 5.82 Å². The molecule has 0 spiro atoms. The van der Waals surface area contributed by atoms with Crippen molar-refractivity contribution in [1.82, 2.24) is 14.8 Å². The van der Waals surface area contributed by atoms with Gasteiger partial charge in [-0.2, -0.15) is 0 Å². The second-order valence-electron chi connectivity index (χ2n) is 4.31. The number of ether oxygens (including phenoxy) is 1. The molecule has 0 N–H and O–H groups in total. The van der Waals surface area contributed by atoms with Crippen molar-refractivity contribution in [2.75, 3.05) is 19.5 Å². The fourth-order valence-electron chi connectivity index (χ4n) is 1.88. The Hall–Kier alpha value is -1.59. The first-order valence-corrected chi connectivity index (χ1v) is 7.52. The van der Waals surface area contributed by atoms with Gasteiger partial charge in [-0.15, -0.1) is 16.8 Å². The summed E-state index contributed by atoms with van der Waals surface area (Å²) in [6.07, 6.45) is 2.66. The molecule has 4 nitrogen and oxygen atoms in total. The third-order valence-corrected chi connectivity index (χ3v) is 3.81. The zero-order valence-corrected chi connectivity index (χ0v) is 12.5. The van der Waals surface area contributed by atoms with Crippen LogP contribution in [0.1, 0.15) is 11.4 Å². The number of hydrogen-bond acceptors (Lipinski definition) is 4. The van der Waals surface area contributed by atoms with Gasteiger partial charge in [-0.25, -0.2) is 0 Å². The van der Waals surface area contributed by atoms with Gasteiger partial charge in [0, 0.05) is 25.8 Å². The van der Waals surface area contributed by atoms with Crippen LogP contribution in [0.3, 0.4) is 0 Å². The Morgan fingerprint density at radius 3 is 2.80 bits per heavy atom. The maximum atomic E-state index is 5.17. The van der Waals surface area contributed by atoms with Crippen LogP contribution in [0.4, 0.5) is 0 Å². The van der Waals surface area contributed by atoms with Gasteiger partial charge in [0.2, 0.25) is 0 Å². The van der Waals surface area contributed by atoms with Crippen LogP contribution in [0.2, 0.25) is 0 Å². The van der Waals surface area contributed by atoms with Gasteiger partial charge in [0.15, 0.2) is 5.16 Å². The van der Waals surface area contributed by atoms with E-state index in [0.717, 1.165) is 29.7 Å². The highest BCUT2D eigenvalue weighted by Gasteiger charge is 2.12. The smallest absolute Gasteiger partial charge is 0.191 e. The molecular formula is C15H19N3OS. The lowest BCUT2D eigenvalue weighted by atomic mass is 10.1. The molecule has 1 aromatic carbocycles. The van der Waals surface area contributed by atoms with Crippen molar-refractivity contribution < 1.29 is 4.74 Å². The summed E-state index contributed by atoms with van der Waals surface area (Å²) in [6.45, 7) is 5.16. The Morgan fingerprint density at radius 1 is 1.30 bits per heavy atom. The van der Waals surface area contributed by atoms with Crippen molar-refractivity contribution in [3.63, 3.8) is 0 Å². The molecule has 1 heterocycles. The van der Waals surface area contributed by atoms with Crippen molar-refractivity contribution >= 4 is 11.8 Å². The molecule has 0 aliphatic rings. The summed E-state index contributed by atoms with van der Waals surface area (Å²) in [4.78, 5) is 0. The molecule has 0 aliphatic heterocycles. The van der Waals surface area contributed by atoms with Gasteiger partial charge >= 0.3 is 0 Å². The molecule has 0 aliphatic carbocycles. The maximum absolute atomic E-state index is 5.17. The van der Waals surface area contributed by atoms with E-state index in [1.54, 1.807) is 18.9 Å². The maximum Gasteiger partial charge on any atom is 0.191 e. The highest BCUT2D eigenvalue weighted by Crippen LogP contribution is 2.18. The molecule has 0 amide bonds. The van der Waals surface area contributed by atoms with E-state index >= 15 is 0 Å². The number of methoxy groups -OCH3 is 1. The highest BCUT2D eigenvalue weighted by atomic mass is 32.2. The van der Waals surface area contributed by atoms with Crippen LogP contribution in [0.15, 0.2) is 48.1 Å². The summed E-state index contributed by atoms with van der Waals surface area (Å²) in [6, 6.07) is 10.3. The zero-order valence-electron chi connectivity index (χ0n) is 11.7. The van der Waals surface area contributed by atoms with Crippen LogP contribution in [0.5, 0.6) is 0 Å². The third-order valence-electron chi connectivity index (χ3n) is 2.85. The SMILES string of the molecule is C=CCSc1nnc(Cc2ccccc2)n1CCOC. The largest absolute Gasteiger partial charge is 0.383 e. The van der Waals surface area contributed by atoms with Crippen molar-refractivity contribution in [2.24, 2.45) is 0 Å². The Balaban J connectivity index is 2.18. The lowest BCUT2D eigenvalue weighted by Crippen LogP contribution is -2.10. The molecule has 0 saturated heterocycles. The number of rotatable bonds is 8. The van der Waals surface area contributed by atoms with Gasteiger partial charge in [0.25, 0.3) is 0 Å². The summed E-state index contributed by atoms with van der Waals surface area (Å²) in [5.74, 6) is 1.80. The van der Waals surface area contributed by atoms with Crippen molar-refractivity contribution in [1.29, 1.82) is 0 Å². The Labute approximate surface area is 123 Å². The predicted octanol–water partition coefficient (Wildman–Crippen LogP) is 2.79. The fourth-order valence-corrected chi connectivity index (χ4v) is 2.59. The monoisotopic (exact) mass is 289 g/mol. The normalized spacial score (nSPS) is 10.7. The van der Waals surface area contributed by atoms with E-state index in [-0.39, 0.29) is 0 Å². The van der Waals surface area contributed by atoms with Gasteiger partial charge in [0.05, 0.1) is 6.61 Å². The van der Waals surface area contributed by atoms with E-state index in [9.17, 15) is 0 Å². The first-order chi connectivity index (χ1) is 9.85. The molecule has 106 valence electrons. The van der Waals surface area contributed by atoms with Crippen LogP contribution < -0.4 is 0 Å².